The minimum absolute atomic E-state index is 0.269. The Balaban J connectivity index is 1.76. The minimum Gasteiger partial charge on any atom is -0.353 e. The number of nitrogens with zero attached hydrogens (tertiary/aromatic N) is 1. The average Bonchev–Trinajstić information content (AvgIpc) is 3.10. The van der Waals surface area contributed by atoms with Gasteiger partial charge >= 0.3 is 0 Å². The van der Waals surface area contributed by atoms with Crippen LogP contribution in [0.25, 0.3) is 0 Å². The Bertz CT molecular complexity index is 910. The van der Waals surface area contributed by atoms with E-state index in [9.17, 15) is 13.2 Å². The summed E-state index contributed by atoms with van der Waals surface area (Å²) in [7, 11) is -3.74. The van der Waals surface area contributed by atoms with Crippen LogP contribution >= 0.6 is 0 Å². The van der Waals surface area contributed by atoms with Crippen LogP contribution in [0.3, 0.4) is 0 Å². The molecule has 2 aliphatic rings. The Kier molecular flexibility index (Phi) is 4.09. The SMILES string of the molecule is O=C1NCCN(S(=O)(=O)c2ccc3c(c2)CCC3)C1c1ccccc1. The van der Waals surface area contributed by atoms with E-state index in [1.807, 2.05) is 24.3 Å². The Morgan fingerprint density at radius 1 is 1.00 bits per heavy atom. The van der Waals surface area contributed by atoms with Crippen LogP contribution < -0.4 is 5.32 Å². The smallest absolute Gasteiger partial charge is 0.244 e. The van der Waals surface area contributed by atoms with Crippen molar-refractivity contribution < 1.29 is 13.2 Å². The molecule has 1 unspecified atom stereocenters. The van der Waals surface area contributed by atoms with Gasteiger partial charge in [0.25, 0.3) is 0 Å². The zero-order valence-electron chi connectivity index (χ0n) is 13.8. The van der Waals surface area contributed by atoms with E-state index in [1.165, 1.54) is 9.87 Å². The van der Waals surface area contributed by atoms with E-state index in [0.29, 0.717) is 12.1 Å². The number of nitrogens with one attached hydrogen (secondary N) is 1. The van der Waals surface area contributed by atoms with E-state index < -0.39 is 16.1 Å². The highest BCUT2D eigenvalue weighted by molar-refractivity contribution is 7.89. The van der Waals surface area contributed by atoms with Crippen molar-refractivity contribution in [2.24, 2.45) is 0 Å². The molecule has 1 aliphatic heterocycles. The first-order chi connectivity index (χ1) is 12.1. The molecular formula is C19H20N2O3S. The summed E-state index contributed by atoms with van der Waals surface area (Å²) < 4.78 is 27.9. The predicted molar refractivity (Wildman–Crippen MR) is 94.6 cm³/mol. The molecule has 0 radical (unpaired) electrons. The number of carbonyl (C=O) groups excluding carboxylic acids is 1. The van der Waals surface area contributed by atoms with Gasteiger partial charge in [0.05, 0.1) is 4.90 Å². The number of piperazine rings is 1. The molecule has 6 heteroatoms. The molecule has 0 spiro atoms. The Labute approximate surface area is 147 Å². The standard InChI is InChI=1S/C19H20N2O3S/c22-19-18(15-5-2-1-3-6-15)21(12-11-20-19)25(23,24)17-10-9-14-7-4-8-16(14)13-17/h1-3,5-6,9-10,13,18H,4,7-8,11-12H2,(H,20,22). The summed E-state index contributed by atoms with van der Waals surface area (Å²) in [5.74, 6) is -0.276. The highest BCUT2D eigenvalue weighted by Gasteiger charge is 2.39. The normalized spacial score (nSPS) is 21.0. The topological polar surface area (TPSA) is 66.5 Å². The maximum absolute atomic E-state index is 13.3. The van der Waals surface area contributed by atoms with E-state index in [-0.39, 0.29) is 17.3 Å². The van der Waals surface area contributed by atoms with E-state index in [2.05, 4.69) is 5.32 Å². The number of carbonyl (C=O) groups is 1. The molecule has 1 saturated heterocycles. The van der Waals surface area contributed by atoms with Gasteiger partial charge in [0.2, 0.25) is 15.9 Å². The number of hydrogen-bond acceptors (Lipinski definition) is 3. The van der Waals surface area contributed by atoms with Crippen LogP contribution in [-0.4, -0.2) is 31.7 Å². The zero-order chi connectivity index (χ0) is 17.4. The predicted octanol–water partition coefficient (Wildman–Crippen LogP) is 2.04. The second kappa shape index (κ2) is 6.28. The number of rotatable bonds is 3. The Morgan fingerprint density at radius 3 is 2.56 bits per heavy atom. The fourth-order valence-corrected chi connectivity index (χ4v) is 5.33. The zero-order valence-corrected chi connectivity index (χ0v) is 14.6. The molecule has 0 saturated carbocycles. The summed E-state index contributed by atoms with van der Waals surface area (Å²) >= 11 is 0. The van der Waals surface area contributed by atoms with Gasteiger partial charge in [-0.2, -0.15) is 4.31 Å². The lowest BCUT2D eigenvalue weighted by Gasteiger charge is -2.34. The third-order valence-corrected chi connectivity index (χ3v) is 6.82. The van der Waals surface area contributed by atoms with Gasteiger partial charge in [-0.15, -0.1) is 0 Å². The van der Waals surface area contributed by atoms with E-state index in [4.69, 9.17) is 0 Å². The lowest BCUT2D eigenvalue weighted by Crippen LogP contribution is -2.52. The monoisotopic (exact) mass is 356 g/mol. The number of fused-ring (bicyclic) bond motifs is 1. The molecule has 1 amide bonds. The van der Waals surface area contributed by atoms with Crippen LogP contribution in [0, 0.1) is 0 Å². The van der Waals surface area contributed by atoms with Crippen molar-refractivity contribution >= 4 is 15.9 Å². The fraction of sp³-hybridized carbons (Fsp3) is 0.316. The summed E-state index contributed by atoms with van der Waals surface area (Å²) in [5, 5.41) is 2.78. The van der Waals surface area contributed by atoms with Gasteiger partial charge in [-0.1, -0.05) is 36.4 Å². The molecule has 2 aromatic rings. The fourth-order valence-electron chi connectivity index (χ4n) is 3.70. The summed E-state index contributed by atoms with van der Waals surface area (Å²) in [6, 6.07) is 13.6. The first kappa shape index (κ1) is 16.3. The van der Waals surface area contributed by atoms with Crippen LogP contribution in [0.15, 0.2) is 53.4 Å². The van der Waals surface area contributed by atoms with Crippen molar-refractivity contribution in [3.8, 4) is 0 Å². The quantitative estimate of drug-likeness (QED) is 0.915. The molecule has 130 valence electrons. The molecule has 1 fully saturated rings. The second-order valence-electron chi connectivity index (χ2n) is 6.50. The van der Waals surface area contributed by atoms with Gasteiger partial charge in [-0.3, -0.25) is 4.79 Å². The number of benzene rings is 2. The molecule has 1 aliphatic carbocycles. The van der Waals surface area contributed by atoms with Crippen LogP contribution in [0.4, 0.5) is 0 Å². The minimum atomic E-state index is -3.74. The highest BCUT2D eigenvalue weighted by atomic mass is 32.2. The lowest BCUT2D eigenvalue weighted by atomic mass is 10.1. The highest BCUT2D eigenvalue weighted by Crippen LogP contribution is 2.32. The van der Waals surface area contributed by atoms with Crippen LogP contribution in [0.5, 0.6) is 0 Å². The van der Waals surface area contributed by atoms with E-state index >= 15 is 0 Å². The molecule has 1 heterocycles. The summed E-state index contributed by atoms with van der Waals surface area (Å²) in [4.78, 5) is 12.7. The van der Waals surface area contributed by atoms with Crippen molar-refractivity contribution in [3.63, 3.8) is 0 Å². The van der Waals surface area contributed by atoms with Crippen LogP contribution in [0.1, 0.15) is 29.2 Å². The van der Waals surface area contributed by atoms with Crippen molar-refractivity contribution in [2.45, 2.75) is 30.2 Å². The van der Waals surface area contributed by atoms with Crippen molar-refractivity contribution in [3.05, 3.63) is 65.2 Å². The third-order valence-electron chi connectivity index (χ3n) is 4.96. The molecule has 4 rings (SSSR count). The maximum Gasteiger partial charge on any atom is 0.244 e. The Morgan fingerprint density at radius 2 is 1.76 bits per heavy atom. The number of aryl methyl sites for hydroxylation is 2. The van der Waals surface area contributed by atoms with Gasteiger partial charge < -0.3 is 5.32 Å². The summed E-state index contributed by atoms with van der Waals surface area (Å²) in [6.07, 6.45) is 2.99. The molecule has 0 aromatic heterocycles. The maximum atomic E-state index is 13.3. The molecule has 1 atom stereocenters. The third kappa shape index (κ3) is 2.85. The van der Waals surface area contributed by atoms with Gasteiger partial charge in [-0.25, -0.2) is 8.42 Å². The van der Waals surface area contributed by atoms with Crippen LogP contribution in [-0.2, 0) is 27.7 Å². The molecule has 2 aromatic carbocycles. The number of sulfonamides is 1. The van der Waals surface area contributed by atoms with E-state index in [0.717, 1.165) is 24.8 Å². The summed E-state index contributed by atoms with van der Waals surface area (Å²) in [5.41, 5.74) is 3.03. The first-order valence-electron chi connectivity index (χ1n) is 8.54. The van der Waals surface area contributed by atoms with Gasteiger partial charge in [0.15, 0.2) is 0 Å². The lowest BCUT2D eigenvalue weighted by molar-refractivity contribution is -0.126. The van der Waals surface area contributed by atoms with Crippen LogP contribution in [0.2, 0.25) is 0 Å². The van der Waals surface area contributed by atoms with Gasteiger partial charge in [-0.05, 0) is 48.1 Å². The molecule has 1 N–H and O–H groups in total. The Hall–Kier alpha value is -2.18. The first-order valence-corrected chi connectivity index (χ1v) is 9.98. The van der Waals surface area contributed by atoms with Crippen molar-refractivity contribution in [1.29, 1.82) is 0 Å². The van der Waals surface area contributed by atoms with Crippen molar-refractivity contribution in [1.82, 2.24) is 9.62 Å². The van der Waals surface area contributed by atoms with Crippen molar-refractivity contribution in [2.75, 3.05) is 13.1 Å². The van der Waals surface area contributed by atoms with Gasteiger partial charge in [0, 0.05) is 13.1 Å². The van der Waals surface area contributed by atoms with E-state index in [1.54, 1.807) is 24.3 Å². The molecule has 25 heavy (non-hydrogen) atoms. The summed E-state index contributed by atoms with van der Waals surface area (Å²) in [6.45, 7) is 0.594. The number of amides is 1. The molecule has 0 bridgehead atoms. The second-order valence-corrected chi connectivity index (χ2v) is 8.39. The number of hydrogen-bond donors (Lipinski definition) is 1. The average molecular weight is 356 g/mol. The molecular weight excluding hydrogens is 336 g/mol. The largest absolute Gasteiger partial charge is 0.353 e. The molecule has 5 nitrogen and oxygen atoms in total. The van der Waals surface area contributed by atoms with Gasteiger partial charge in [0.1, 0.15) is 6.04 Å².